The lowest BCUT2D eigenvalue weighted by atomic mass is 9.95. The van der Waals surface area contributed by atoms with Crippen LogP contribution in [0.1, 0.15) is 160 Å². The third-order valence-corrected chi connectivity index (χ3v) is 17.8. The molecule has 1 aromatic heterocycles. The number of aromatic amines is 1. The third-order valence-electron chi connectivity index (χ3n) is 17.8. The number of H-pyrrole nitrogens is 1. The van der Waals surface area contributed by atoms with Crippen molar-refractivity contribution in [1.82, 2.24) is 63.5 Å². The number of aliphatic imine (C=N–C) groups is 3. The molecular weight excluding hydrogens is 1360 g/mol. The summed E-state index contributed by atoms with van der Waals surface area (Å²) in [4.78, 5) is 184. The highest BCUT2D eigenvalue weighted by molar-refractivity contribution is 6.00. The van der Waals surface area contributed by atoms with E-state index in [0.717, 1.165) is 10.9 Å². The minimum absolute atomic E-state index is 0.0429. The number of aromatic nitrogens is 1. The maximum Gasteiger partial charge on any atom is 0.243 e. The Balaban J connectivity index is 2.43. The molecule has 1 heterocycles. The zero-order chi connectivity index (χ0) is 79.5. The second-order valence-corrected chi connectivity index (χ2v) is 28.1. The number of nitrogens with two attached hydrogens (primary N) is 9. The molecule has 12 amide bonds. The molecule has 0 unspecified atom stereocenters. The summed E-state index contributed by atoms with van der Waals surface area (Å²) in [7, 11) is 0. The Morgan fingerprint density at radius 3 is 1.22 bits per heavy atom. The Bertz CT molecular complexity index is 3290. The van der Waals surface area contributed by atoms with Crippen LogP contribution in [-0.2, 0) is 64.0 Å². The molecule has 30 N–H and O–H groups in total. The molecule has 2 rings (SSSR count). The average molecular weight is 1480 g/mol. The van der Waals surface area contributed by atoms with E-state index in [1.165, 1.54) is 6.92 Å². The van der Waals surface area contributed by atoms with Crippen LogP contribution in [0.3, 0.4) is 0 Å². The van der Waals surface area contributed by atoms with E-state index in [0.29, 0.717) is 18.4 Å². The van der Waals surface area contributed by atoms with E-state index < -0.39 is 167 Å². The molecule has 0 spiro atoms. The molecular formula is C69H122N24O12. The van der Waals surface area contributed by atoms with Gasteiger partial charge in [0.1, 0.15) is 66.5 Å². The molecule has 0 bridgehead atoms. The van der Waals surface area contributed by atoms with Crippen molar-refractivity contribution in [3.8, 4) is 0 Å². The van der Waals surface area contributed by atoms with Crippen molar-refractivity contribution in [2.24, 2.45) is 102 Å². The van der Waals surface area contributed by atoms with Crippen LogP contribution in [0.4, 0.5) is 0 Å². The number of hydrogen-bond donors (Lipinski definition) is 21. The summed E-state index contributed by atoms with van der Waals surface area (Å²) in [6.07, 6.45) is 2.99. The van der Waals surface area contributed by atoms with Crippen molar-refractivity contribution in [2.75, 3.05) is 26.2 Å². The van der Waals surface area contributed by atoms with E-state index in [-0.39, 0.29) is 114 Å². The highest BCUT2D eigenvalue weighted by atomic mass is 16.2. The Morgan fingerprint density at radius 1 is 0.410 bits per heavy atom. The molecule has 0 saturated heterocycles. The summed E-state index contributed by atoms with van der Waals surface area (Å²) >= 11 is 0. The predicted octanol–water partition coefficient (Wildman–Crippen LogP) is -3.51. The lowest BCUT2D eigenvalue weighted by Crippen LogP contribution is -2.62. The first-order valence-corrected chi connectivity index (χ1v) is 36.1. The minimum atomic E-state index is -1.42. The van der Waals surface area contributed by atoms with Gasteiger partial charge in [-0.3, -0.25) is 72.5 Å². The number of amides is 12. The number of carbonyl (C=O) groups excluding carboxylic acids is 12. The second-order valence-electron chi connectivity index (χ2n) is 28.1. The molecule has 36 heteroatoms. The number of benzene rings is 1. The summed E-state index contributed by atoms with van der Waals surface area (Å²) in [5.41, 5.74) is 52.1. The van der Waals surface area contributed by atoms with Crippen molar-refractivity contribution in [3.05, 3.63) is 36.0 Å². The lowest BCUT2D eigenvalue weighted by Gasteiger charge is -2.31. The number of carbonyl (C=O) groups is 12. The van der Waals surface area contributed by atoms with Crippen LogP contribution in [0.15, 0.2) is 45.4 Å². The molecule has 105 heavy (non-hydrogen) atoms. The van der Waals surface area contributed by atoms with Crippen LogP contribution >= 0.6 is 0 Å². The largest absolute Gasteiger partial charge is 0.370 e. The Hall–Kier alpha value is -9.87. The molecule has 590 valence electrons. The van der Waals surface area contributed by atoms with Gasteiger partial charge in [-0.1, -0.05) is 114 Å². The number of hydrogen-bond acceptors (Lipinski definition) is 17. The monoisotopic (exact) mass is 1480 g/mol. The molecule has 0 aliphatic carbocycles. The van der Waals surface area contributed by atoms with Gasteiger partial charge in [0.05, 0.1) is 6.04 Å². The van der Waals surface area contributed by atoms with Gasteiger partial charge in [-0.2, -0.15) is 0 Å². The van der Waals surface area contributed by atoms with Gasteiger partial charge in [0, 0.05) is 43.2 Å². The van der Waals surface area contributed by atoms with E-state index >= 15 is 0 Å². The van der Waals surface area contributed by atoms with Gasteiger partial charge in [-0.15, -0.1) is 0 Å². The second kappa shape index (κ2) is 46.1. The molecule has 36 nitrogen and oxygen atoms in total. The van der Waals surface area contributed by atoms with Crippen LogP contribution in [-0.4, -0.2) is 192 Å². The summed E-state index contributed by atoms with van der Waals surface area (Å²) < 4.78 is 0. The molecule has 1 aromatic carbocycles. The number of primary amides is 1. The van der Waals surface area contributed by atoms with Gasteiger partial charge in [-0.25, -0.2) is 0 Å². The van der Waals surface area contributed by atoms with Crippen molar-refractivity contribution in [2.45, 2.75) is 233 Å². The van der Waals surface area contributed by atoms with E-state index in [4.69, 9.17) is 51.6 Å². The van der Waals surface area contributed by atoms with Crippen LogP contribution in [0, 0.1) is 35.5 Å². The van der Waals surface area contributed by atoms with Gasteiger partial charge >= 0.3 is 0 Å². The van der Waals surface area contributed by atoms with Crippen molar-refractivity contribution < 1.29 is 57.5 Å². The quantitative estimate of drug-likeness (QED) is 0.0174. The average Bonchev–Trinajstić information content (AvgIpc) is 1.74. The van der Waals surface area contributed by atoms with Gasteiger partial charge < -0.3 is 115 Å². The summed E-state index contributed by atoms with van der Waals surface area (Å²) in [6.45, 7) is 22.3. The van der Waals surface area contributed by atoms with E-state index in [1.807, 2.05) is 32.0 Å². The number of nitrogens with one attached hydrogen (secondary N) is 12. The van der Waals surface area contributed by atoms with E-state index in [1.54, 1.807) is 81.5 Å². The first-order valence-electron chi connectivity index (χ1n) is 36.1. The predicted molar refractivity (Wildman–Crippen MR) is 402 cm³/mol. The highest BCUT2D eigenvalue weighted by Crippen LogP contribution is 2.21. The topological polar surface area (TPSA) is 624 Å². The molecule has 0 saturated carbocycles. The Kier molecular flexibility index (Phi) is 40.0. The normalized spacial score (nSPS) is 15.3. The molecule has 0 fully saturated rings. The zero-order valence-electron chi connectivity index (χ0n) is 63.3. The van der Waals surface area contributed by atoms with Crippen LogP contribution in [0.5, 0.6) is 0 Å². The number of fused-ring (bicyclic) bond motifs is 1. The van der Waals surface area contributed by atoms with Crippen molar-refractivity contribution in [3.63, 3.8) is 0 Å². The summed E-state index contributed by atoms with van der Waals surface area (Å²) in [5, 5.41) is 30.6. The van der Waals surface area contributed by atoms with Gasteiger partial charge in [-0.05, 0) is 112 Å². The van der Waals surface area contributed by atoms with Crippen molar-refractivity contribution >= 4 is 99.7 Å². The van der Waals surface area contributed by atoms with Crippen LogP contribution < -0.4 is 110 Å². The maximum atomic E-state index is 14.8. The first-order chi connectivity index (χ1) is 49.3. The van der Waals surface area contributed by atoms with Crippen LogP contribution in [0.2, 0.25) is 0 Å². The fourth-order valence-corrected chi connectivity index (χ4v) is 11.0. The highest BCUT2D eigenvalue weighted by Gasteiger charge is 2.39. The smallest absolute Gasteiger partial charge is 0.243 e. The first kappa shape index (κ1) is 91.2. The molecule has 0 radical (unpaired) electrons. The number of rotatable bonds is 48. The minimum Gasteiger partial charge on any atom is -0.370 e. The fraction of sp³-hybridized carbons (Fsp3) is 0.667. The molecule has 14 atom stereocenters. The van der Waals surface area contributed by atoms with Gasteiger partial charge in [0.2, 0.25) is 70.9 Å². The number of nitrogens with zero attached hydrogens (tertiary/aromatic N) is 3. The third kappa shape index (κ3) is 32.0. The number of guanidine groups is 3. The van der Waals surface area contributed by atoms with Crippen molar-refractivity contribution in [1.29, 1.82) is 0 Å². The van der Waals surface area contributed by atoms with Gasteiger partial charge in [0.25, 0.3) is 0 Å². The summed E-state index contributed by atoms with van der Waals surface area (Å²) in [6, 6.07) is -7.92. The fourth-order valence-electron chi connectivity index (χ4n) is 11.0. The van der Waals surface area contributed by atoms with Gasteiger partial charge in [0.15, 0.2) is 17.9 Å². The molecule has 0 aliphatic rings. The SMILES string of the molecule is CC[C@H](C)[C@H](NC(=O)[C@H](CCN)NC(=O)[C@@H](NC(=O)[C@H](C)NC(=O)[C@@H](NC(=O)[C@@H](NC(=O)[C@H](CC(C)C)NC(=O)[C@H](CCCN=C(N)N)NC(=O)[C@@H](N)C(C)C)[C@@H](C)CC)C(C)C)C(C)C)C(=O)N[C@@H](Cc1c[nH]c2ccccc12)C(=O)N[C@@H](CCCN=C(N)N)C(=O)N[C@@H](CCCN=C(N)N)C(N)=O. The lowest BCUT2D eigenvalue weighted by molar-refractivity contribution is -0.137. The maximum absolute atomic E-state index is 14.8. The summed E-state index contributed by atoms with van der Waals surface area (Å²) in [5.74, 6) is -12.6. The Labute approximate surface area is 615 Å². The van der Waals surface area contributed by atoms with E-state index in [2.05, 4.69) is 78.4 Å². The molecule has 0 aliphatic heterocycles. The zero-order valence-corrected chi connectivity index (χ0v) is 63.3. The number of para-hydroxylation sites is 1. The van der Waals surface area contributed by atoms with Crippen LogP contribution in [0.25, 0.3) is 10.9 Å². The Morgan fingerprint density at radius 2 is 0.771 bits per heavy atom. The van der Waals surface area contributed by atoms with E-state index in [9.17, 15) is 57.5 Å². The standard InChI is InChI=1S/C69H122N24O12/c1-14-38(11)53(65(104)89-49(32-41-33-82-43-22-17-16-21-42(41)43)60(99)85-45(24-19-29-80-68(75)76)57(96)84-44(55(72)94)23-18-28-79-67(73)74)92-59(98)47(26-27-70)87-64(103)52(37(9)10)90-56(95)40(13)83-63(102)51(36(7)8)91-66(105)54(39(12)15-2)93-61(100)48(31-34(3)4)88-58(97)46(25-20-30-81-69(77)78)86-62(101)50(71)35(5)6/h16-17,21-22,33-40,44-54,82H,14-15,18-20,23-32,70-71H2,1-13H3,(H2,72,94)(H,83,102)(H,84,96)(H,85,99)(H,86,101)(H,87,103)(H,88,97)(H,89,104)(H,90,95)(H,91,105)(H,92,98)(H,93,100)(H4,73,74,79)(H4,75,76,80)(H4,77,78,81)/t38-,39-,40-,44-,45-,46-,47-,48-,49-,50-,51-,52-,53-,54-/m0/s1. The molecule has 2 aromatic rings.